The molecule has 1 N–H and O–H groups in total. The SMILES string of the molecule is CCOc1cccc(CNCC2CCC(CC)CC2)c1. The van der Waals surface area contributed by atoms with E-state index in [0.29, 0.717) is 0 Å². The van der Waals surface area contributed by atoms with Crippen LogP contribution in [0.1, 0.15) is 51.5 Å². The molecule has 2 nitrogen and oxygen atoms in total. The third-order valence-corrected chi connectivity index (χ3v) is 4.52. The summed E-state index contributed by atoms with van der Waals surface area (Å²) in [6.07, 6.45) is 7.05. The van der Waals surface area contributed by atoms with Crippen LogP contribution in [0.4, 0.5) is 0 Å². The molecule has 1 aromatic carbocycles. The summed E-state index contributed by atoms with van der Waals surface area (Å²) in [7, 11) is 0. The Morgan fingerprint density at radius 1 is 1.10 bits per heavy atom. The highest BCUT2D eigenvalue weighted by molar-refractivity contribution is 5.28. The fraction of sp³-hybridized carbons (Fsp3) is 0.667. The second kappa shape index (κ2) is 8.31. The largest absolute Gasteiger partial charge is 0.494 e. The van der Waals surface area contributed by atoms with Crippen LogP contribution in [0.5, 0.6) is 5.75 Å². The number of hydrogen-bond donors (Lipinski definition) is 1. The maximum Gasteiger partial charge on any atom is 0.119 e. The summed E-state index contributed by atoms with van der Waals surface area (Å²) in [5.41, 5.74) is 1.32. The average molecular weight is 275 g/mol. The number of ether oxygens (including phenoxy) is 1. The minimum Gasteiger partial charge on any atom is -0.494 e. The zero-order chi connectivity index (χ0) is 14.2. The highest BCUT2D eigenvalue weighted by Gasteiger charge is 2.19. The zero-order valence-corrected chi connectivity index (χ0v) is 13.0. The Balaban J connectivity index is 1.69. The molecule has 20 heavy (non-hydrogen) atoms. The summed E-state index contributed by atoms with van der Waals surface area (Å²) in [6, 6.07) is 8.42. The molecule has 2 rings (SSSR count). The molecule has 1 aromatic rings. The molecule has 0 bridgehead atoms. The summed E-state index contributed by atoms with van der Waals surface area (Å²) < 4.78 is 5.54. The molecule has 0 atom stereocenters. The molecule has 0 spiro atoms. The first-order chi connectivity index (χ1) is 9.81. The number of nitrogens with one attached hydrogen (secondary N) is 1. The van der Waals surface area contributed by atoms with E-state index < -0.39 is 0 Å². The molecular formula is C18H29NO. The molecule has 1 aliphatic rings. The topological polar surface area (TPSA) is 21.3 Å². The van der Waals surface area contributed by atoms with Gasteiger partial charge in [-0.15, -0.1) is 0 Å². The van der Waals surface area contributed by atoms with Gasteiger partial charge in [0.25, 0.3) is 0 Å². The van der Waals surface area contributed by atoms with E-state index in [2.05, 4.69) is 30.4 Å². The first-order valence-electron chi connectivity index (χ1n) is 8.24. The highest BCUT2D eigenvalue weighted by atomic mass is 16.5. The summed E-state index contributed by atoms with van der Waals surface area (Å²) in [5, 5.41) is 3.62. The number of rotatable bonds is 7. The van der Waals surface area contributed by atoms with Crippen molar-refractivity contribution in [3.05, 3.63) is 29.8 Å². The van der Waals surface area contributed by atoms with Gasteiger partial charge in [-0.1, -0.05) is 38.3 Å². The third kappa shape index (κ3) is 4.82. The normalized spacial score (nSPS) is 22.7. The van der Waals surface area contributed by atoms with Gasteiger partial charge in [0.15, 0.2) is 0 Å². The van der Waals surface area contributed by atoms with Gasteiger partial charge in [-0.2, -0.15) is 0 Å². The molecule has 1 saturated carbocycles. The minimum absolute atomic E-state index is 0.734. The summed E-state index contributed by atoms with van der Waals surface area (Å²) in [5.74, 6) is 2.86. The Labute approximate surface area is 123 Å². The van der Waals surface area contributed by atoms with Crippen molar-refractivity contribution < 1.29 is 4.74 Å². The number of hydrogen-bond acceptors (Lipinski definition) is 2. The van der Waals surface area contributed by atoms with Gasteiger partial charge in [-0.3, -0.25) is 0 Å². The fourth-order valence-electron chi connectivity index (χ4n) is 3.18. The lowest BCUT2D eigenvalue weighted by Gasteiger charge is -2.27. The molecule has 0 aliphatic heterocycles. The molecular weight excluding hydrogens is 246 g/mol. The van der Waals surface area contributed by atoms with Crippen molar-refractivity contribution in [3.63, 3.8) is 0 Å². The van der Waals surface area contributed by atoms with Crippen LogP contribution in [0.15, 0.2) is 24.3 Å². The molecule has 0 unspecified atom stereocenters. The quantitative estimate of drug-likeness (QED) is 0.797. The second-order valence-electron chi connectivity index (χ2n) is 6.01. The highest BCUT2D eigenvalue weighted by Crippen LogP contribution is 2.30. The monoisotopic (exact) mass is 275 g/mol. The molecule has 1 aliphatic carbocycles. The molecule has 112 valence electrons. The van der Waals surface area contributed by atoms with Crippen molar-refractivity contribution in [1.82, 2.24) is 5.32 Å². The van der Waals surface area contributed by atoms with Crippen molar-refractivity contribution in [2.75, 3.05) is 13.2 Å². The van der Waals surface area contributed by atoms with Crippen LogP contribution in [-0.2, 0) is 6.54 Å². The molecule has 0 heterocycles. The van der Waals surface area contributed by atoms with Crippen LogP contribution in [0, 0.1) is 11.8 Å². The van der Waals surface area contributed by atoms with Crippen molar-refractivity contribution in [2.24, 2.45) is 11.8 Å². The lowest BCUT2D eigenvalue weighted by Crippen LogP contribution is -2.26. The van der Waals surface area contributed by atoms with E-state index in [1.54, 1.807) is 0 Å². The zero-order valence-electron chi connectivity index (χ0n) is 13.0. The minimum atomic E-state index is 0.734. The van der Waals surface area contributed by atoms with Crippen LogP contribution < -0.4 is 10.1 Å². The summed E-state index contributed by atoms with van der Waals surface area (Å²) in [4.78, 5) is 0. The first kappa shape index (κ1) is 15.4. The Hall–Kier alpha value is -1.02. The van der Waals surface area contributed by atoms with Gasteiger partial charge in [0, 0.05) is 6.54 Å². The van der Waals surface area contributed by atoms with Crippen molar-refractivity contribution in [2.45, 2.75) is 52.5 Å². The van der Waals surface area contributed by atoms with Crippen LogP contribution >= 0.6 is 0 Å². The van der Waals surface area contributed by atoms with Gasteiger partial charge < -0.3 is 10.1 Å². The van der Waals surface area contributed by atoms with Crippen molar-refractivity contribution in [3.8, 4) is 5.75 Å². The Kier molecular flexibility index (Phi) is 6.38. The Morgan fingerprint density at radius 2 is 1.85 bits per heavy atom. The Bertz CT molecular complexity index is 383. The van der Waals surface area contributed by atoms with E-state index in [1.165, 1.54) is 37.7 Å². The predicted molar refractivity (Wildman–Crippen MR) is 85.1 cm³/mol. The lowest BCUT2D eigenvalue weighted by molar-refractivity contribution is 0.262. The molecule has 0 saturated heterocycles. The van der Waals surface area contributed by atoms with E-state index in [0.717, 1.165) is 37.3 Å². The van der Waals surface area contributed by atoms with E-state index in [1.807, 2.05) is 13.0 Å². The average Bonchev–Trinajstić information content (AvgIpc) is 2.49. The molecule has 0 radical (unpaired) electrons. The Morgan fingerprint density at radius 3 is 2.55 bits per heavy atom. The standard InChI is InChI=1S/C18H29NO/c1-3-15-8-10-16(11-9-15)13-19-14-17-6-5-7-18(12-17)20-4-2/h5-7,12,15-16,19H,3-4,8-11,13-14H2,1-2H3. The smallest absolute Gasteiger partial charge is 0.119 e. The van der Waals surface area contributed by atoms with Crippen LogP contribution in [0.25, 0.3) is 0 Å². The van der Waals surface area contributed by atoms with Crippen molar-refractivity contribution in [1.29, 1.82) is 0 Å². The van der Waals surface area contributed by atoms with Gasteiger partial charge in [-0.05, 0) is 55.8 Å². The van der Waals surface area contributed by atoms with Gasteiger partial charge in [0.05, 0.1) is 6.61 Å². The summed E-state index contributed by atoms with van der Waals surface area (Å²) in [6.45, 7) is 7.20. The summed E-state index contributed by atoms with van der Waals surface area (Å²) >= 11 is 0. The molecule has 2 heteroatoms. The van der Waals surface area contributed by atoms with Crippen LogP contribution in [0.3, 0.4) is 0 Å². The van der Waals surface area contributed by atoms with Gasteiger partial charge in [-0.25, -0.2) is 0 Å². The predicted octanol–water partition coefficient (Wildman–Crippen LogP) is 4.39. The van der Waals surface area contributed by atoms with E-state index >= 15 is 0 Å². The van der Waals surface area contributed by atoms with Crippen LogP contribution in [0.2, 0.25) is 0 Å². The van der Waals surface area contributed by atoms with Crippen LogP contribution in [-0.4, -0.2) is 13.2 Å². The second-order valence-corrected chi connectivity index (χ2v) is 6.01. The number of benzene rings is 1. The van der Waals surface area contributed by atoms with E-state index in [4.69, 9.17) is 4.74 Å². The van der Waals surface area contributed by atoms with Crippen molar-refractivity contribution >= 4 is 0 Å². The molecule has 0 amide bonds. The molecule has 1 fully saturated rings. The third-order valence-electron chi connectivity index (χ3n) is 4.52. The first-order valence-corrected chi connectivity index (χ1v) is 8.24. The molecule has 0 aromatic heterocycles. The maximum absolute atomic E-state index is 5.54. The van der Waals surface area contributed by atoms with Gasteiger partial charge in [0.1, 0.15) is 5.75 Å². The van der Waals surface area contributed by atoms with E-state index in [-0.39, 0.29) is 0 Å². The maximum atomic E-state index is 5.54. The van der Waals surface area contributed by atoms with Gasteiger partial charge in [0.2, 0.25) is 0 Å². The van der Waals surface area contributed by atoms with E-state index in [9.17, 15) is 0 Å². The lowest BCUT2D eigenvalue weighted by atomic mass is 9.81. The fourth-order valence-corrected chi connectivity index (χ4v) is 3.18. The van der Waals surface area contributed by atoms with Gasteiger partial charge >= 0.3 is 0 Å².